The van der Waals surface area contributed by atoms with Crippen LogP contribution in [0.1, 0.15) is 6.42 Å². The third kappa shape index (κ3) is 3.81. The van der Waals surface area contributed by atoms with Gasteiger partial charge in [-0.15, -0.1) is 0 Å². The van der Waals surface area contributed by atoms with Gasteiger partial charge in [-0.1, -0.05) is 0 Å². The van der Waals surface area contributed by atoms with Crippen molar-refractivity contribution in [1.29, 1.82) is 0 Å². The number of aliphatic hydroxyl groups excluding tert-OH is 1. The number of aliphatic hydroxyl groups is 1. The Balaban J connectivity index is 2.41. The molecule has 0 heterocycles. The van der Waals surface area contributed by atoms with E-state index in [1.54, 1.807) is 0 Å². The highest BCUT2D eigenvalue weighted by atomic mass is 19.2. The molecule has 1 aromatic rings. The molecule has 1 atom stereocenters. The lowest BCUT2D eigenvalue weighted by atomic mass is 10.2. The lowest BCUT2D eigenvalue weighted by Crippen LogP contribution is -2.26. The number of halogens is 2. The molecular weight excluding hydrogens is 204 g/mol. The molecule has 0 aromatic heterocycles. The largest absolute Gasteiger partial charge is 0.493 e. The van der Waals surface area contributed by atoms with E-state index in [2.05, 4.69) is 0 Å². The fourth-order valence-electron chi connectivity index (χ4n) is 0.986. The molecule has 15 heavy (non-hydrogen) atoms. The molecule has 0 saturated carbocycles. The van der Waals surface area contributed by atoms with Crippen LogP contribution < -0.4 is 10.5 Å². The summed E-state index contributed by atoms with van der Waals surface area (Å²) >= 11 is 0. The van der Waals surface area contributed by atoms with Crippen molar-refractivity contribution in [3.63, 3.8) is 0 Å². The van der Waals surface area contributed by atoms with Crippen molar-refractivity contribution >= 4 is 0 Å². The zero-order valence-electron chi connectivity index (χ0n) is 8.12. The van der Waals surface area contributed by atoms with Gasteiger partial charge in [0.2, 0.25) is 0 Å². The lowest BCUT2D eigenvalue weighted by Gasteiger charge is -2.09. The number of benzene rings is 1. The first kappa shape index (κ1) is 11.9. The van der Waals surface area contributed by atoms with Crippen LogP contribution in [-0.4, -0.2) is 24.4 Å². The Morgan fingerprint density at radius 1 is 1.33 bits per heavy atom. The quantitative estimate of drug-likeness (QED) is 0.775. The van der Waals surface area contributed by atoms with Gasteiger partial charge in [-0.25, -0.2) is 8.78 Å². The zero-order chi connectivity index (χ0) is 11.3. The first-order chi connectivity index (χ1) is 7.13. The second-order valence-corrected chi connectivity index (χ2v) is 3.16. The Labute approximate surface area is 86.5 Å². The van der Waals surface area contributed by atoms with Crippen molar-refractivity contribution in [2.75, 3.05) is 13.2 Å². The maximum absolute atomic E-state index is 12.7. The van der Waals surface area contributed by atoms with Crippen molar-refractivity contribution in [1.82, 2.24) is 0 Å². The standard InChI is InChI=1S/C10H13F2NO2/c11-9-2-1-8(5-10(9)12)15-4-3-7(13)6-14/h1-2,5,7,14H,3-4,6,13H2. The molecule has 0 aliphatic rings. The molecule has 0 saturated heterocycles. The number of hydrogen-bond acceptors (Lipinski definition) is 3. The lowest BCUT2D eigenvalue weighted by molar-refractivity contribution is 0.230. The molecule has 5 heteroatoms. The third-order valence-corrected chi connectivity index (χ3v) is 1.88. The van der Waals surface area contributed by atoms with Crippen LogP contribution in [0.15, 0.2) is 18.2 Å². The molecule has 84 valence electrons. The van der Waals surface area contributed by atoms with E-state index in [0.29, 0.717) is 6.42 Å². The highest BCUT2D eigenvalue weighted by Crippen LogP contribution is 2.15. The summed E-state index contributed by atoms with van der Waals surface area (Å²) in [5, 5.41) is 8.62. The molecule has 0 amide bonds. The van der Waals surface area contributed by atoms with E-state index in [9.17, 15) is 8.78 Å². The second-order valence-electron chi connectivity index (χ2n) is 3.16. The Kier molecular flexibility index (Phi) is 4.45. The molecule has 0 radical (unpaired) electrons. The van der Waals surface area contributed by atoms with Gasteiger partial charge in [-0.3, -0.25) is 0 Å². The van der Waals surface area contributed by atoms with E-state index in [-0.39, 0.29) is 25.0 Å². The fraction of sp³-hybridized carbons (Fsp3) is 0.400. The van der Waals surface area contributed by atoms with E-state index in [4.69, 9.17) is 15.6 Å². The Morgan fingerprint density at radius 2 is 2.07 bits per heavy atom. The molecule has 0 aliphatic carbocycles. The summed E-state index contributed by atoms with van der Waals surface area (Å²) in [5.74, 6) is -1.60. The average Bonchev–Trinajstić information content (AvgIpc) is 2.23. The monoisotopic (exact) mass is 217 g/mol. The fourth-order valence-corrected chi connectivity index (χ4v) is 0.986. The van der Waals surface area contributed by atoms with E-state index in [0.717, 1.165) is 12.1 Å². The topological polar surface area (TPSA) is 55.5 Å². The maximum atomic E-state index is 12.7. The molecular formula is C10H13F2NO2. The van der Waals surface area contributed by atoms with Crippen LogP contribution in [0.5, 0.6) is 5.75 Å². The SMILES string of the molecule is NC(CO)CCOc1ccc(F)c(F)c1. The molecule has 1 rings (SSSR count). The maximum Gasteiger partial charge on any atom is 0.162 e. The van der Waals surface area contributed by atoms with Crippen LogP contribution in [0.3, 0.4) is 0 Å². The van der Waals surface area contributed by atoms with Crippen molar-refractivity contribution in [2.24, 2.45) is 5.73 Å². The van der Waals surface area contributed by atoms with Gasteiger partial charge < -0.3 is 15.6 Å². The highest BCUT2D eigenvalue weighted by molar-refractivity contribution is 5.23. The van der Waals surface area contributed by atoms with Gasteiger partial charge in [-0.05, 0) is 18.6 Å². The Hall–Kier alpha value is -1.20. The second kappa shape index (κ2) is 5.63. The van der Waals surface area contributed by atoms with Gasteiger partial charge in [0.1, 0.15) is 5.75 Å². The van der Waals surface area contributed by atoms with Gasteiger partial charge in [-0.2, -0.15) is 0 Å². The van der Waals surface area contributed by atoms with E-state index in [1.807, 2.05) is 0 Å². The molecule has 0 bridgehead atoms. The van der Waals surface area contributed by atoms with Crippen LogP contribution in [0.4, 0.5) is 8.78 Å². The van der Waals surface area contributed by atoms with Gasteiger partial charge in [0.15, 0.2) is 11.6 Å². The van der Waals surface area contributed by atoms with E-state index < -0.39 is 11.6 Å². The van der Waals surface area contributed by atoms with Crippen molar-refractivity contribution in [2.45, 2.75) is 12.5 Å². The van der Waals surface area contributed by atoms with Crippen LogP contribution in [-0.2, 0) is 0 Å². The van der Waals surface area contributed by atoms with Crippen LogP contribution in [0.2, 0.25) is 0 Å². The molecule has 1 unspecified atom stereocenters. The Bertz CT molecular complexity index is 320. The number of rotatable bonds is 5. The summed E-state index contributed by atoms with van der Waals surface area (Å²) in [6.07, 6.45) is 0.454. The molecule has 3 N–H and O–H groups in total. The third-order valence-electron chi connectivity index (χ3n) is 1.88. The molecule has 1 aromatic carbocycles. The predicted octanol–water partition coefficient (Wildman–Crippen LogP) is 1.05. The highest BCUT2D eigenvalue weighted by Gasteiger charge is 2.04. The number of nitrogens with two attached hydrogens (primary N) is 1. The first-order valence-electron chi connectivity index (χ1n) is 4.57. The van der Waals surface area contributed by atoms with Crippen LogP contribution >= 0.6 is 0 Å². The number of hydrogen-bond donors (Lipinski definition) is 2. The van der Waals surface area contributed by atoms with Crippen molar-refractivity contribution in [3.05, 3.63) is 29.8 Å². The Morgan fingerprint density at radius 3 is 2.67 bits per heavy atom. The predicted molar refractivity (Wildman–Crippen MR) is 51.5 cm³/mol. The summed E-state index contributed by atoms with van der Waals surface area (Å²) in [6.45, 7) is 0.133. The molecule has 0 aliphatic heterocycles. The minimum absolute atomic E-state index is 0.124. The summed E-state index contributed by atoms with van der Waals surface area (Å²) in [6, 6.07) is 2.95. The molecule has 0 spiro atoms. The summed E-state index contributed by atoms with van der Waals surface area (Å²) < 4.78 is 30.3. The average molecular weight is 217 g/mol. The smallest absolute Gasteiger partial charge is 0.162 e. The zero-order valence-corrected chi connectivity index (χ0v) is 8.12. The van der Waals surface area contributed by atoms with Gasteiger partial charge in [0, 0.05) is 12.1 Å². The van der Waals surface area contributed by atoms with Crippen molar-refractivity contribution in [3.8, 4) is 5.75 Å². The minimum atomic E-state index is -0.945. The normalized spacial score (nSPS) is 12.5. The van der Waals surface area contributed by atoms with Gasteiger partial charge >= 0.3 is 0 Å². The van der Waals surface area contributed by atoms with E-state index >= 15 is 0 Å². The molecule has 0 fully saturated rings. The van der Waals surface area contributed by atoms with Gasteiger partial charge in [0.25, 0.3) is 0 Å². The first-order valence-corrected chi connectivity index (χ1v) is 4.57. The summed E-state index contributed by atoms with van der Waals surface area (Å²) in [7, 11) is 0. The van der Waals surface area contributed by atoms with E-state index in [1.165, 1.54) is 6.07 Å². The summed E-state index contributed by atoms with van der Waals surface area (Å²) in [4.78, 5) is 0. The minimum Gasteiger partial charge on any atom is -0.493 e. The van der Waals surface area contributed by atoms with Crippen molar-refractivity contribution < 1.29 is 18.6 Å². The molecule has 3 nitrogen and oxygen atoms in total. The van der Waals surface area contributed by atoms with Crippen LogP contribution in [0.25, 0.3) is 0 Å². The van der Waals surface area contributed by atoms with Crippen LogP contribution in [0, 0.1) is 11.6 Å². The number of ether oxygens (including phenoxy) is 1. The summed E-state index contributed by atoms with van der Waals surface area (Å²) in [5.41, 5.74) is 5.43. The van der Waals surface area contributed by atoms with Gasteiger partial charge in [0.05, 0.1) is 13.2 Å².